The summed E-state index contributed by atoms with van der Waals surface area (Å²) in [4.78, 5) is 31.7. The lowest BCUT2D eigenvalue weighted by molar-refractivity contribution is 0.0701. The SMILES string of the molecule is Cc1c(C(=O)O)sc2nc(/C(Cl)=C/c3cccs3)[nH]c(=O)c12. The summed E-state index contributed by atoms with van der Waals surface area (Å²) in [7, 11) is 0. The van der Waals surface area contributed by atoms with E-state index < -0.39 is 5.97 Å². The molecule has 0 aliphatic rings. The average Bonchev–Trinajstić information content (AvgIpc) is 3.06. The van der Waals surface area contributed by atoms with Crippen molar-refractivity contribution in [2.24, 2.45) is 0 Å². The highest BCUT2D eigenvalue weighted by Crippen LogP contribution is 2.29. The fraction of sp³-hybridized carbons (Fsp3) is 0.0714. The number of carboxylic acid groups (broad SMARTS) is 1. The standard InChI is InChI=1S/C14H9ClN2O3S2/c1-6-9-12(18)16-11(8(15)5-7-3-2-4-21-7)17-13(9)22-10(6)14(19)20/h2-5H,1H3,(H,19,20)(H,16,17,18)/b8-5-. The molecule has 3 aromatic rings. The van der Waals surface area contributed by atoms with E-state index in [1.807, 2.05) is 17.5 Å². The third-order valence-electron chi connectivity index (χ3n) is 3.03. The van der Waals surface area contributed by atoms with Crippen LogP contribution in [0, 0.1) is 6.92 Å². The summed E-state index contributed by atoms with van der Waals surface area (Å²) in [6.45, 7) is 1.60. The van der Waals surface area contributed by atoms with Crippen molar-refractivity contribution in [1.29, 1.82) is 0 Å². The van der Waals surface area contributed by atoms with Crippen molar-refractivity contribution in [1.82, 2.24) is 9.97 Å². The molecule has 0 aliphatic carbocycles. The molecule has 112 valence electrons. The van der Waals surface area contributed by atoms with Gasteiger partial charge in [0.05, 0.1) is 10.4 Å². The molecule has 22 heavy (non-hydrogen) atoms. The number of thiophene rings is 2. The van der Waals surface area contributed by atoms with Crippen LogP contribution >= 0.6 is 34.3 Å². The maximum absolute atomic E-state index is 12.2. The van der Waals surface area contributed by atoms with Gasteiger partial charge in [-0.1, -0.05) is 17.7 Å². The number of carbonyl (C=O) groups is 1. The van der Waals surface area contributed by atoms with Crippen LogP contribution in [0.5, 0.6) is 0 Å². The van der Waals surface area contributed by atoms with Crippen molar-refractivity contribution in [3.8, 4) is 0 Å². The number of nitrogens with one attached hydrogen (secondary N) is 1. The van der Waals surface area contributed by atoms with Crippen LogP contribution in [0.15, 0.2) is 22.3 Å². The van der Waals surface area contributed by atoms with Gasteiger partial charge in [-0.3, -0.25) is 4.79 Å². The van der Waals surface area contributed by atoms with Crippen LogP contribution < -0.4 is 5.56 Å². The molecule has 3 rings (SSSR count). The lowest BCUT2D eigenvalue weighted by Gasteiger charge is -1.99. The maximum atomic E-state index is 12.2. The first-order chi connectivity index (χ1) is 10.5. The molecule has 0 atom stereocenters. The molecular formula is C14H9ClN2O3S2. The van der Waals surface area contributed by atoms with Crippen molar-refractivity contribution in [2.75, 3.05) is 0 Å². The summed E-state index contributed by atoms with van der Waals surface area (Å²) >= 11 is 8.68. The Hall–Kier alpha value is -1.96. The monoisotopic (exact) mass is 352 g/mol. The molecule has 0 amide bonds. The number of hydrogen-bond acceptors (Lipinski definition) is 5. The molecule has 0 unspecified atom stereocenters. The van der Waals surface area contributed by atoms with E-state index in [9.17, 15) is 9.59 Å². The number of aromatic carboxylic acids is 1. The van der Waals surface area contributed by atoms with E-state index in [-0.39, 0.29) is 16.3 Å². The number of hydrogen-bond donors (Lipinski definition) is 2. The molecule has 0 spiro atoms. The molecule has 0 saturated heterocycles. The van der Waals surface area contributed by atoms with Gasteiger partial charge in [-0.25, -0.2) is 9.78 Å². The summed E-state index contributed by atoms with van der Waals surface area (Å²) in [6, 6.07) is 3.78. The van der Waals surface area contributed by atoms with Gasteiger partial charge in [0.1, 0.15) is 9.71 Å². The van der Waals surface area contributed by atoms with Crippen LogP contribution in [0.3, 0.4) is 0 Å². The molecule has 0 fully saturated rings. The number of carboxylic acids is 1. The Morgan fingerprint density at radius 1 is 1.50 bits per heavy atom. The van der Waals surface area contributed by atoms with Crippen LogP contribution in [0.25, 0.3) is 21.3 Å². The minimum atomic E-state index is -1.07. The van der Waals surface area contributed by atoms with Gasteiger partial charge in [0.2, 0.25) is 0 Å². The molecule has 0 bridgehead atoms. The lowest BCUT2D eigenvalue weighted by Crippen LogP contribution is -2.10. The molecule has 2 N–H and O–H groups in total. The van der Waals surface area contributed by atoms with Crippen LogP contribution in [0.1, 0.15) is 25.9 Å². The zero-order valence-corrected chi connectivity index (χ0v) is 13.6. The van der Waals surface area contributed by atoms with Crippen molar-refractivity contribution < 1.29 is 9.90 Å². The second kappa shape index (κ2) is 5.68. The molecule has 0 radical (unpaired) electrons. The summed E-state index contributed by atoms with van der Waals surface area (Å²) in [5, 5.41) is 11.6. The number of nitrogens with zero attached hydrogens (tertiary/aromatic N) is 1. The Kier molecular flexibility index (Phi) is 3.86. The van der Waals surface area contributed by atoms with Crippen LogP contribution in [0.4, 0.5) is 0 Å². The normalized spacial score (nSPS) is 12.0. The average molecular weight is 353 g/mol. The molecule has 0 aromatic carbocycles. The first-order valence-electron chi connectivity index (χ1n) is 6.15. The Balaban J connectivity index is 2.17. The minimum Gasteiger partial charge on any atom is -0.477 e. The zero-order valence-electron chi connectivity index (χ0n) is 11.2. The van der Waals surface area contributed by atoms with Crippen molar-refractivity contribution in [3.05, 3.63) is 49.0 Å². The Morgan fingerprint density at radius 2 is 2.27 bits per heavy atom. The molecule has 3 heterocycles. The van der Waals surface area contributed by atoms with Gasteiger partial charge in [0.15, 0.2) is 5.82 Å². The summed E-state index contributed by atoms with van der Waals surface area (Å²) < 4.78 is 0. The second-order valence-corrected chi connectivity index (χ2v) is 6.85. The smallest absolute Gasteiger partial charge is 0.346 e. The van der Waals surface area contributed by atoms with E-state index in [1.54, 1.807) is 13.0 Å². The van der Waals surface area contributed by atoms with E-state index in [0.29, 0.717) is 20.8 Å². The topological polar surface area (TPSA) is 83.0 Å². The minimum absolute atomic E-state index is 0.114. The van der Waals surface area contributed by atoms with Gasteiger partial charge in [0, 0.05) is 4.88 Å². The van der Waals surface area contributed by atoms with E-state index in [0.717, 1.165) is 16.2 Å². The van der Waals surface area contributed by atoms with E-state index >= 15 is 0 Å². The van der Waals surface area contributed by atoms with Crippen LogP contribution in [0.2, 0.25) is 0 Å². The summed E-state index contributed by atoms with van der Waals surface area (Å²) in [6.07, 6.45) is 1.70. The number of H-pyrrole nitrogens is 1. The van der Waals surface area contributed by atoms with Crippen LogP contribution in [-0.4, -0.2) is 21.0 Å². The Bertz CT molecular complexity index is 955. The maximum Gasteiger partial charge on any atom is 0.346 e. The highest BCUT2D eigenvalue weighted by molar-refractivity contribution is 7.20. The van der Waals surface area contributed by atoms with Gasteiger partial charge < -0.3 is 10.1 Å². The number of fused-ring (bicyclic) bond motifs is 1. The highest BCUT2D eigenvalue weighted by atomic mass is 35.5. The Labute approximate surface area is 137 Å². The number of rotatable bonds is 3. The van der Waals surface area contributed by atoms with Crippen molar-refractivity contribution >= 4 is 61.6 Å². The third kappa shape index (κ3) is 2.58. The van der Waals surface area contributed by atoms with Gasteiger partial charge in [-0.2, -0.15) is 0 Å². The number of aryl methyl sites for hydroxylation is 1. The van der Waals surface area contributed by atoms with Gasteiger partial charge in [-0.15, -0.1) is 22.7 Å². The second-order valence-electron chi connectivity index (χ2n) is 4.46. The van der Waals surface area contributed by atoms with E-state index in [4.69, 9.17) is 16.7 Å². The van der Waals surface area contributed by atoms with Crippen molar-refractivity contribution in [3.63, 3.8) is 0 Å². The fourth-order valence-corrected chi connectivity index (χ4v) is 3.98. The van der Waals surface area contributed by atoms with Gasteiger partial charge in [-0.05, 0) is 30.0 Å². The number of aromatic amines is 1. The zero-order chi connectivity index (χ0) is 15.9. The first kappa shape index (κ1) is 15.0. The molecular weight excluding hydrogens is 344 g/mol. The number of aromatic nitrogens is 2. The quantitative estimate of drug-likeness (QED) is 0.751. The molecule has 3 aromatic heterocycles. The van der Waals surface area contributed by atoms with Crippen LogP contribution in [-0.2, 0) is 0 Å². The molecule has 0 aliphatic heterocycles. The predicted octanol–water partition coefficient (Wildman–Crippen LogP) is 3.79. The molecule has 0 saturated carbocycles. The number of halogens is 1. The van der Waals surface area contributed by atoms with E-state index in [1.165, 1.54) is 11.3 Å². The fourth-order valence-electron chi connectivity index (χ4n) is 2.03. The highest BCUT2D eigenvalue weighted by Gasteiger charge is 2.19. The first-order valence-corrected chi connectivity index (χ1v) is 8.22. The van der Waals surface area contributed by atoms with Crippen molar-refractivity contribution in [2.45, 2.75) is 6.92 Å². The molecule has 5 nitrogen and oxygen atoms in total. The lowest BCUT2D eigenvalue weighted by atomic mass is 10.2. The summed E-state index contributed by atoms with van der Waals surface area (Å²) in [5.74, 6) is -0.840. The largest absolute Gasteiger partial charge is 0.477 e. The molecule has 8 heteroatoms. The van der Waals surface area contributed by atoms with Gasteiger partial charge >= 0.3 is 5.97 Å². The summed E-state index contributed by atoms with van der Waals surface area (Å²) in [5.41, 5.74) is 0.0325. The predicted molar refractivity (Wildman–Crippen MR) is 90.0 cm³/mol. The Morgan fingerprint density at radius 3 is 2.91 bits per heavy atom. The van der Waals surface area contributed by atoms with Gasteiger partial charge in [0.25, 0.3) is 5.56 Å². The van der Waals surface area contributed by atoms with E-state index in [2.05, 4.69) is 9.97 Å². The third-order valence-corrected chi connectivity index (χ3v) is 5.31.